The maximum absolute atomic E-state index is 6.20. The maximum atomic E-state index is 6.20. The van der Waals surface area contributed by atoms with Gasteiger partial charge >= 0.3 is 0 Å². The molecule has 4 atom stereocenters. The average Bonchev–Trinajstić information content (AvgIpc) is 3.97. The average molecular weight is 693 g/mol. The number of rotatable bonds is 2. The molecule has 12 bridgehead atoms. The third kappa shape index (κ3) is 6.08. The Morgan fingerprint density at radius 2 is 0.654 bits per heavy atom. The van der Waals surface area contributed by atoms with Crippen molar-refractivity contribution in [3.05, 3.63) is 118 Å². The van der Waals surface area contributed by atoms with Gasteiger partial charge in [-0.15, -0.1) is 0 Å². The van der Waals surface area contributed by atoms with Crippen molar-refractivity contribution in [3.63, 3.8) is 0 Å². The molecule has 52 heavy (non-hydrogen) atoms. The summed E-state index contributed by atoms with van der Waals surface area (Å²) in [7, 11) is 0. The molecule has 4 aromatic rings. The molecule has 4 unspecified atom stereocenters. The van der Waals surface area contributed by atoms with Gasteiger partial charge in [0.1, 0.15) is 50.6 Å². The Kier molecular flexibility index (Phi) is 7.65. The Morgan fingerprint density at radius 3 is 0.904 bits per heavy atom. The number of ether oxygens (including phenoxy) is 4. The summed E-state index contributed by atoms with van der Waals surface area (Å²) in [4.78, 5) is 20.1. The molecule has 5 aliphatic rings. The van der Waals surface area contributed by atoms with Crippen LogP contribution in [0.15, 0.2) is 105 Å². The molecule has 4 aromatic carbocycles. The molecule has 0 aliphatic carbocycles. The number of hydrogen-bond acceptors (Lipinski definition) is 8. The van der Waals surface area contributed by atoms with Gasteiger partial charge < -0.3 is 18.9 Å². The molecular formula is C44H44N4O4. The SMILES string of the molecule is CC(C)(C)c1ccc(-c2cc3cc(c2)C2COC(=N2)C2=NC(CO2)c2cc(-c4ccc(C(C)(C)C)cc4)cc(c2)C2COC(=N2)C2=NC3CO2)cc1. The molecule has 264 valence electrons. The molecule has 0 saturated carbocycles. The smallest absolute Gasteiger partial charge is 0.273 e. The van der Waals surface area contributed by atoms with Gasteiger partial charge in [-0.3, -0.25) is 0 Å². The van der Waals surface area contributed by atoms with Gasteiger partial charge in [-0.25, -0.2) is 20.0 Å². The Hall–Kier alpha value is -5.24. The summed E-state index contributed by atoms with van der Waals surface area (Å²) < 4.78 is 24.8. The van der Waals surface area contributed by atoms with Crippen LogP contribution in [0, 0.1) is 0 Å². The van der Waals surface area contributed by atoms with Crippen LogP contribution >= 0.6 is 0 Å². The predicted molar refractivity (Wildman–Crippen MR) is 206 cm³/mol. The quantitative estimate of drug-likeness (QED) is 0.210. The first-order valence-corrected chi connectivity index (χ1v) is 18.3. The van der Waals surface area contributed by atoms with Crippen LogP contribution in [0.25, 0.3) is 22.3 Å². The van der Waals surface area contributed by atoms with Crippen molar-refractivity contribution in [2.45, 2.75) is 76.5 Å². The van der Waals surface area contributed by atoms with E-state index >= 15 is 0 Å². The second-order valence-corrected chi connectivity index (χ2v) is 16.5. The highest BCUT2D eigenvalue weighted by Crippen LogP contribution is 2.38. The van der Waals surface area contributed by atoms with Crippen LogP contribution in [0.4, 0.5) is 0 Å². The van der Waals surface area contributed by atoms with Crippen LogP contribution in [0.3, 0.4) is 0 Å². The van der Waals surface area contributed by atoms with Crippen molar-refractivity contribution >= 4 is 23.6 Å². The number of benzene rings is 4. The number of aliphatic imine (C=N–C) groups is 4. The van der Waals surface area contributed by atoms with Crippen molar-refractivity contribution in [1.29, 1.82) is 0 Å². The van der Waals surface area contributed by atoms with Crippen molar-refractivity contribution in [2.75, 3.05) is 26.4 Å². The van der Waals surface area contributed by atoms with Crippen molar-refractivity contribution in [2.24, 2.45) is 20.0 Å². The van der Waals surface area contributed by atoms with Gasteiger partial charge in [0.2, 0.25) is 0 Å². The number of fused-ring (bicyclic) bond motifs is 14. The molecule has 0 aromatic heterocycles. The Labute approximate surface area is 305 Å². The van der Waals surface area contributed by atoms with Crippen LogP contribution in [-0.4, -0.2) is 50.0 Å². The lowest BCUT2D eigenvalue weighted by atomic mass is 9.86. The van der Waals surface area contributed by atoms with E-state index in [4.69, 9.17) is 38.9 Å². The summed E-state index contributed by atoms with van der Waals surface area (Å²) in [5.74, 6) is 1.80. The zero-order valence-electron chi connectivity index (χ0n) is 30.6. The number of hydrogen-bond donors (Lipinski definition) is 0. The Bertz CT molecular complexity index is 1940. The van der Waals surface area contributed by atoms with Gasteiger partial charge in [-0.05, 0) is 90.7 Å². The summed E-state index contributed by atoms with van der Waals surface area (Å²) in [6.45, 7) is 15.0. The van der Waals surface area contributed by atoms with Crippen molar-refractivity contribution in [1.82, 2.24) is 0 Å². The van der Waals surface area contributed by atoms with Gasteiger partial charge in [0, 0.05) is 0 Å². The molecule has 8 heteroatoms. The third-order valence-corrected chi connectivity index (χ3v) is 10.6. The molecular weight excluding hydrogens is 649 g/mol. The highest BCUT2D eigenvalue weighted by atomic mass is 16.6. The van der Waals surface area contributed by atoms with Crippen molar-refractivity contribution in [3.8, 4) is 22.3 Å². The lowest BCUT2D eigenvalue weighted by Gasteiger charge is -2.19. The van der Waals surface area contributed by atoms with E-state index in [1.807, 2.05) is 0 Å². The summed E-state index contributed by atoms with van der Waals surface area (Å²) in [6.07, 6.45) is 0. The highest BCUT2D eigenvalue weighted by Gasteiger charge is 2.35. The van der Waals surface area contributed by atoms with E-state index in [0.29, 0.717) is 50.0 Å². The van der Waals surface area contributed by atoms with Crippen LogP contribution in [0.1, 0.15) is 99.1 Å². The fraction of sp³-hybridized carbons (Fsp3) is 0.364. The first-order chi connectivity index (χ1) is 24.9. The molecule has 0 radical (unpaired) electrons. The maximum Gasteiger partial charge on any atom is 0.273 e. The number of nitrogens with zero attached hydrogens (tertiary/aromatic N) is 4. The molecule has 5 aliphatic heterocycles. The third-order valence-electron chi connectivity index (χ3n) is 10.6. The van der Waals surface area contributed by atoms with E-state index in [9.17, 15) is 0 Å². The standard InChI is InChI=1S/C44H44N4O4/c1-43(2,3)33-11-7-25(8-12-33)27-15-29-19-30(16-27)36-22-50-40(46-36)42-48-38(24-52-42)32-18-28(26-9-13-34(14-10-26)44(4,5)6)17-31(20-32)37-23-51-41(47-37)39-45-35(29)21-49-39/h7-20,35-38H,21-24H2,1-6H3. The Morgan fingerprint density at radius 1 is 0.385 bits per heavy atom. The van der Waals surface area contributed by atoms with Gasteiger partial charge in [-0.1, -0.05) is 102 Å². The summed E-state index contributed by atoms with van der Waals surface area (Å²) in [5, 5.41) is 0. The van der Waals surface area contributed by atoms with Crippen LogP contribution in [0.2, 0.25) is 0 Å². The fourth-order valence-electron chi connectivity index (χ4n) is 7.43. The van der Waals surface area contributed by atoms with Crippen molar-refractivity contribution < 1.29 is 18.9 Å². The molecule has 5 heterocycles. The molecule has 0 saturated heterocycles. The molecule has 0 spiro atoms. The first-order valence-electron chi connectivity index (χ1n) is 18.3. The van der Waals surface area contributed by atoms with E-state index in [-0.39, 0.29) is 35.0 Å². The minimum absolute atomic E-state index is 0.0708. The summed E-state index contributed by atoms with van der Waals surface area (Å²) in [5.41, 5.74) is 11.4. The lowest BCUT2D eigenvalue weighted by Crippen LogP contribution is -2.14. The zero-order chi connectivity index (χ0) is 35.8. The molecule has 0 fully saturated rings. The Balaban J connectivity index is 1.14. The van der Waals surface area contributed by atoms with Crippen LogP contribution in [0.5, 0.6) is 0 Å². The minimum atomic E-state index is -0.216. The topological polar surface area (TPSA) is 86.4 Å². The van der Waals surface area contributed by atoms with Gasteiger partial charge in [0.25, 0.3) is 23.6 Å². The summed E-state index contributed by atoms with van der Waals surface area (Å²) >= 11 is 0. The summed E-state index contributed by atoms with van der Waals surface area (Å²) in [6, 6.07) is 30.0. The predicted octanol–water partition coefficient (Wildman–Crippen LogP) is 9.21. The minimum Gasteiger partial charge on any atom is -0.471 e. The first kappa shape index (κ1) is 32.7. The second-order valence-electron chi connectivity index (χ2n) is 16.5. The van der Waals surface area contributed by atoms with Gasteiger partial charge in [0.15, 0.2) is 0 Å². The molecule has 0 amide bonds. The zero-order valence-corrected chi connectivity index (χ0v) is 30.6. The second kappa shape index (κ2) is 12.2. The van der Waals surface area contributed by atoms with E-state index in [2.05, 4.69) is 126 Å². The molecule has 9 rings (SSSR count). The van der Waals surface area contributed by atoms with Crippen LogP contribution in [-0.2, 0) is 29.8 Å². The monoisotopic (exact) mass is 692 g/mol. The highest BCUT2D eigenvalue weighted by molar-refractivity contribution is 6.36. The van der Waals surface area contributed by atoms with E-state index in [0.717, 1.165) is 44.5 Å². The lowest BCUT2D eigenvalue weighted by molar-refractivity contribution is 0.293. The van der Waals surface area contributed by atoms with E-state index < -0.39 is 0 Å². The van der Waals surface area contributed by atoms with E-state index in [1.54, 1.807) is 0 Å². The van der Waals surface area contributed by atoms with Gasteiger partial charge in [0.05, 0.1) is 0 Å². The fourth-order valence-corrected chi connectivity index (χ4v) is 7.43. The normalized spacial score (nSPS) is 23.2. The van der Waals surface area contributed by atoms with Gasteiger partial charge in [-0.2, -0.15) is 0 Å². The molecule has 0 N–H and O–H groups in total. The largest absolute Gasteiger partial charge is 0.471 e. The molecule has 8 nitrogen and oxygen atoms in total. The van der Waals surface area contributed by atoms with E-state index in [1.165, 1.54) is 11.1 Å². The van der Waals surface area contributed by atoms with Crippen LogP contribution < -0.4 is 0 Å².